The van der Waals surface area contributed by atoms with E-state index in [1.807, 2.05) is 30.3 Å². The van der Waals surface area contributed by atoms with Crippen LogP contribution < -0.4 is 5.43 Å². The molecule has 3 nitrogen and oxygen atoms in total. The molecule has 1 aromatic carbocycles. The summed E-state index contributed by atoms with van der Waals surface area (Å²) in [6.07, 6.45) is 3.55. The summed E-state index contributed by atoms with van der Waals surface area (Å²) in [6.45, 7) is 4.34. The minimum absolute atomic E-state index is 0.00815. The van der Waals surface area contributed by atoms with E-state index in [1.165, 1.54) is 6.42 Å². The Bertz CT molecular complexity index is 367. The van der Waals surface area contributed by atoms with Crippen LogP contribution in [0.1, 0.15) is 43.5 Å². The molecular weight excluding hydrogens is 212 g/mol. The lowest BCUT2D eigenvalue weighted by atomic mass is 10.00. The van der Waals surface area contributed by atoms with Gasteiger partial charge in [0.05, 0.1) is 0 Å². The molecule has 2 unspecified atom stereocenters. The van der Waals surface area contributed by atoms with E-state index in [0.717, 1.165) is 18.4 Å². The van der Waals surface area contributed by atoms with Gasteiger partial charge < -0.3 is 0 Å². The van der Waals surface area contributed by atoms with Gasteiger partial charge in [0.2, 0.25) is 0 Å². The summed E-state index contributed by atoms with van der Waals surface area (Å²) < 4.78 is 0. The number of hydrazine groups is 1. The van der Waals surface area contributed by atoms with Gasteiger partial charge in [0.25, 0.3) is 5.91 Å². The minimum atomic E-state index is -0.00815. The first-order valence-electron chi connectivity index (χ1n) is 6.33. The molecule has 92 valence electrons. The molecule has 1 aromatic rings. The van der Waals surface area contributed by atoms with E-state index in [0.29, 0.717) is 12.1 Å². The Morgan fingerprint density at radius 3 is 2.35 bits per heavy atom. The van der Waals surface area contributed by atoms with Crippen molar-refractivity contribution < 1.29 is 4.79 Å². The van der Waals surface area contributed by atoms with E-state index in [9.17, 15) is 4.79 Å². The fraction of sp³-hybridized carbons (Fsp3) is 0.500. The first-order valence-corrected chi connectivity index (χ1v) is 6.33. The minimum Gasteiger partial charge on any atom is -0.284 e. The number of nitrogens with one attached hydrogen (secondary N) is 1. The van der Waals surface area contributed by atoms with Crippen molar-refractivity contribution in [3.63, 3.8) is 0 Å². The second-order valence-corrected chi connectivity index (χ2v) is 4.84. The van der Waals surface area contributed by atoms with Gasteiger partial charge in [-0.1, -0.05) is 24.6 Å². The molecule has 1 saturated heterocycles. The Morgan fingerprint density at radius 1 is 1.18 bits per heavy atom. The SMILES string of the molecule is CC1CCCC(C)N1NC(=O)c1ccccc1. The standard InChI is InChI=1S/C14H20N2O/c1-11-7-6-8-12(2)16(11)15-14(17)13-9-4-3-5-10-13/h3-5,9-12H,6-8H2,1-2H3,(H,15,17). The van der Waals surface area contributed by atoms with Crippen molar-refractivity contribution in [1.29, 1.82) is 0 Å². The van der Waals surface area contributed by atoms with Crippen LogP contribution in [0.25, 0.3) is 0 Å². The Kier molecular flexibility index (Phi) is 3.79. The van der Waals surface area contributed by atoms with E-state index < -0.39 is 0 Å². The van der Waals surface area contributed by atoms with Crippen molar-refractivity contribution in [2.75, 3.05) is 0 Å². The molecule has 1 N–H and O–H groups in total. The maximum atomic E-state index is 12.1. The molecule has 2 atom stereocenters. The molecule has 17 heavy (non-hydrogen) atoms. The zero-order valence-electron chi connectivity index (χ0n) is 10.5. The summed E-state index contributed by atoms with van der Waals surface area (Å²) in [4.78, 5) is 12.1. The third-order valence-electron chi connectivity index (χ3n) is 3.46. The lowest BCUT2D eigenvalue weighted by Crippen LogP contribution is -2.54. The fourth-order valence-corrected chi connectivity index (χ4v) is 2.41. The highest BCUT2D eigenvalue weighted by atomic mass is 16.2. The molecule has 1 amide bonds. The number of carbonyl (C=O) groups excluding carboxylic acids is 1. The number of nitrogens with zero attached hydrogens (tertiary/aromatic N) is 1. The Balaban J connectivity index is 2.03. The van der Waals surface area contributed by atoms with Crippen LogP contribution in [0.15, 0.2) is 30.3 Å². The quantitative estimate of drug-likeness (QED) is 0.850. The van der Waals surface area contributed by atoms with Gasteiger partial charge in [0.1, 0.15) is 0 Å². The van der Waals surface area contributed by atoms with Crippen molar-refractivity contribution >= 4 is 5.91 Å². The third-order valence-corrected chi connectivity index (χ3v) is 3.46. The number of benzene rings is 1. The van der Waals surface area contributed by atoms with Crippen molar-refractivity contribution in [2.45, 2.75) is 45.2 Å². The highest BCUT2D eigenvalue weighted by Crippen LogP contribution is 2.20. The molecule has 0 bridgehead atoms. The first kappa shape index (κ1) is 12.1. The van der Waals surface area contributed by atoms with E-state index in [4.69, 9.17) is 0 Å². The van der Waals surface area contributed by atoms with Crippen LogP contribution in [-0.2, 0) is 0 Å². The molecule has 1 heterocycles. The average Bonchev–Trinajstić information content (AvgIpc) is 2.35. The van der Waals surface area contributed by atoms with Crippen LogP contribution in [0, 0.1) is 0 Å². The Labute approximate surface area is 103 Å². The zero-order valence-corrected chi connectivity index (χ0v) is 10.5. The summed E-state index contributed by atoms with van der Waals surface area (Å²) in [6, 6.07) is 10.2. The number of hydrogen-bond acceptors (Lipinski definition) is 2. The molecule has 2 rings (SSSR count). The molecule has 1 aliphatic heterocycles. The summed E-state index contributed by atoms with van der Waals surface area (Å²) in [5.41, 5.74) is 3.75. The average molecular weight is 232 g/mol. The number of piperidine rings is 1. The summed E-state index contributed by atoms with van der Waals surface area (Å²) in [5, 5.41) is 2.10. The lowest BCUT2D eigenvalue weighted by molar-refractivity contribution is 0.0370. The summed E-state index contributed by atoms with van der Waals surface area (Å²) in [7, 11) is 0. The van der Waals surface area contributed by atoms with Gasteiger partial charge in [-0.15, -0.1) is 0 Å². The van der Waals surface area contributed by atoms with Crippen molar-refractivity contribution in [3.05, 3.63) is 35.9 Å². The second kappa shape index (κ2) is 5.32. The fourth-order valence-electron chi connectivity index (χ4n) is 2.41. The summed E-state index contributed by atoms with van der Waals surface area (Å²) in [5.74, 6) is -0.00815. The number of rotatable bonds is 2. The van der Waals surface area contributed by atoms with E-state index in [-0.39, 0.29) is 5.91 Å². The van der Waals surface area contributed by atoms with E-state index >= 15 is 0 Å². The highest BCUT2D eigenvalue weighted by Gasteiger charge is 2.26. The van der Waals surface area contributed by atoms with Crippen LogP contribution in [0.4, 0.5) is 0 Å². The van der Waals surface area contributed by atoms with E-state index in [2.05, 4.69) is 24.3 Å². The smallest absolute Gasteiger partial charge is 0.265 e. The van der Waals surface area contributed by atoms with Crippen molar-refractivity contribution in [2.24, 2.45) is 0 Å². The van der Waals surface area contributed by atoms with Gasteiger partial charge in [0, 0.05) is 17.6 Å². The van der Waals surface area contributed by atoms with Crippen LogP contribution in [0.5, 0.6) is 0 Å². The second-order valence-electron chi connectivity index (χ2n) is 4.84. The first-order chi connectivity index (χ1) is 8.18. The van der Waals surface area contributed by atoms with Gasteiger partial charge in [-0.3, -0.25) is 10.2 Å². The monoisotopic (exact) mass is 232 g/mol. The van der Waals surface area contributed by atoms with Crippen LogP contribution in [-0.4, -0.2) is 23.0 Å². The van der Waals surface area contributed by atoms with Crippen LogP contribution >= 0.6 is 0 Å². The molecule has 0 radical (unpaired) electrons. The Morgan fingerprint density at radius 2 is 1.76 bits per heavy atom. The zero-order chi connectivity index (χ0) is 12.3. The van der Waals surface area contributed by atoms with Crippen LogP contribution in [0.3, 0.4) is 0 Å². The normalized spacial score (nSPS) is 25.5. The van der Waals surface area contributed by atoms with Gasteiger partial charge in [0.15, 0.2) is 0 Å². The molecule has 0 saturated carbocycles. The molecule has 0 aromatic heterocycles. The topological polar surface area (TPSA) is 32.3 Å². The third kappa shape index (κ3) is 2.86. The van der Waals surface area contributed by atoms with Gasteiger partial charge >= 0.3 is 0 Å². The van der Waals surface area contributed by atoms with Gasteiger partial charge in [-0.2, -0.15) is 0 Å². The lowest BCUT2D eigenvalue weighted by Gasteiger charge is -2.38. The molecule has 0 spiro atoms. The molecule has 1 fully saturated rings. The van der Waals surface area contributed by atoms with Crippen molar-refractivity contribution in [1.82, 2.24) is 10.4 Å². The van der Waals surface area contributed by atoms with Crippen molar-refractivity contribution in [3.8, 4) is 0 Å². The molecular formula is C14H20N2O. The predicted molar refractivity (Wildman–Crippen MR) is 68.5 cm³/mol. The number of amides is 1. The number of hydrogen-bond donors (Lipinski definition) is 1. The van der Waals surface area contributed by atoms with Crippen LogP contribution in [0.2, 0.25) is 0 Å². The van der Waals surface area contributed by atoms with Gasteiger partial charge in [-0.25, -0.2) is 5.01 Å². The maximum Gasteiger partial charge on any atom is 0.265 e. The summed E-state index contributed by atoms with van der Waals surface area (Å²) >= 11 is 0. The molecule has 3 heteroatoms. The largest absolute Gasteiger partial charge is 0.284 e. The maximum absolute atomic E-state index is 12.1. The molecule has 1 aliphatic rings. The van der Waals surface area contributed by atoms with Gasteiger partial charge in [-0.05, 0) is 38.8 Å². The predicted octanol–water partition coefficient (Wildman–Crippen LogP) is 2.59. The highest BCUT2D eigenvalue weighted by molar-refractivity contribution is 5.93. The number of carbonyl (C=O) groups is 1. The molecule has 0 aliphatic carbocycles. The Hall–Kier alpha value is -1.35. The van der Waals surface area contributed by atoms with E-state index in [1.54, 1.807) is 0 Å².